The molecular weight excluding hydrogens is 406 g/mol. The van der Waals surface area contributed by atoms with Crippen molar-refractivity contribution in [3.8, 4) is 23.0 Å². The van der Waals surface area contributed by atoms with Gasteiger partial charge in [0.2, 0.25) is 11.8 Å². The molecule has 0 fully saturated rings. The Labute approximate surface area is 186 Å². The van der Waals surface area contributed by atoms with E-state index < -0.39 is 0 Å². The van der Waals surface area contributed by atoms with Gasteiger partial charge in [0.1, 0.15) is 12.4 Å². The number of nitrogens with zero attached hydrogens (tertiary/aromatic N) is 4. The number of amides is 1. The van der Waals surface area contributed by atoms with Crippen LogP contribution in [0, 0.1) is 0 Å². The highest BCUT2D eigenvalue weighted by Gasteiger charge is 2.11. The van der Waals surface area contributed by atoms with Gasteiger partial charge in [-0.15, -0.1) is 15.3 Å². The maximum absolute atomic E-state index is 12.0. The first-order chi connectivity index (χ1) is 15.7. The van der Waals surface area contributed by atoms with Crippen LogP contribution in [0.4, 0.5) is 0 Å². The van der Waals surface area contributed by atoms with Gasteiger partial charge >= 0.3 is 0 Å². The zero-order valence-electron chi connectivity index (χ0n) is 17.9. The Bertz CT molecular complexity index is 1160. The summed E-state index contributed by atoms with van der Waals surface area (Å²) in [5.74, 6) is 1.83. The summed E-state index contributed by atoms with van der Waals surface area (Å²) in [4.78, 5) is 12.0. The first kappa shape index (κ1) is 21.3. The quantitative estimate of drug-likeness (QED) is 0.388. The predicted molar refractivity (Wildman–Crippen MR) is 121 cm³/mol. The summed E-state index contributed by atoms with van der Waals surface area (Å²) < 4.78 is 12.5. The first-order valence-corrected chi connectivity index (χ1v) is 10.5. The van der Waals surface area contributed by atoms with Crippen LogP contribution in [0.2, 0.25) is 0 Å². The van der Waals surface area contributed by atoms with Gasteiger partial charge in [-0.05, 0) is 48.7 Å². The molecule has 2 aromatic carbocycles. The normalized spacial score (nSPS) is 10.8. The fraction of sp³-hybridized carbons (Fsp3) is 0.250. The summed E-state index contributed by atoms with van der Waals surface area (Å²) >= 11 is 0. The second-order valence-electron chi connectivity index (χ2n) is 7.23. The molecule has 8 nitrogen and oxygen atoms in total. The first-order valence-electron chi connectivity index (χ1n) is 10.5. The minimum absolute atomic E-state index is 0.0218. The molecule has 2 heterocycles. The SMILES string of the molecule is COc1ccc(-c2nnc3ccc(OCCNC(=O)CCCc4ccccc4)nn23)cc1. The minimum Gasteiger partial charge on any atom is -0.497 e. The molecule has 8 heteroatoms. The van der Waals surface area contributed by atoms with Crippen LogP contribution >= 0.6 is 0 Å². The van der Waals surface area contributed by atoms with Crippen LogP contribution in [-0.2, 0) is 11.2 Å². The Kier molecular flexibility index (Phi) is 6.91. The number of aromatic nitrogens is 4. The van der Waals surface area contributed by atoms with E-state index in [1.807, 2.05) is 42.5 Å². The molecule has 4 rings (SSSR count). The zero-order valence-corrected chi connectivity index (χ0v) is 17.9. The van der Waals surface area contributed by atoms with Gasteiger partial charge in [-0.2, -0.15) is 4.52 Å². The topological polar surface area (TPSA) is 90.6 Å². The monoisotopic (exact) mass is 431 g/mol. The number of ether oxygens (including phenoxy) is 2. The molecule has 0 aliphatic rings. The van der Waals surface area contributed by atoms with Gasteiger partial charge in [0.25, 0.3) is 0 Å². The molecular formula is C24H25N5O3. The average molecular weight is 431 g/mol. The molecule has 0 saturated carbocycles. The highest BCUT2D eigenvalue weighted by atomic mass is 16.5. The minimum atomic E-state index is 0.0218. The lowest BCUT2D eigenvalue weighted by atomic mass is 10.1. The smallest absolute Gasteiger partial charge is 0.231 e. The second-order valence-corrected chi connectivity index (χ2v) is 7.23. The van der Waals surface area contributed by atoms with Gasteiger partial charge in [-0.25, -0.2) is 0 Å². The van der Waals surface area contributed by atoms with E-state index in [1.54, 1.807) is 23.8 Å². The maximum atomic E-state index is 12.0. The molecule has 0 atom stereocenters. The highest BCUT2D eigenvalue weighted by Crippen LogP contribution is 2.21. The molecule has 1 N–H and O–H groups in total. The van der Waals surface area contributed by atoms with E-state index in [0.717, 1.165) is 24.2 Å². The van der Waals surface area contributed by atoms with Crippen LogP contribution < -0.4 is 14.8 Å². The number of benzene rings is 2. The third kappa shape index (κ3) is 5.40. The number of hydrogen-bond donors (Lipinski definition) is 1. The largest absolute Gasteiger partial charge is 0.497 e. The van der Waals surface area contributed by atoms with E-state index in [-0.39, 0.29) is 5.91 Å². The number of rotatable bonds is 10. The van der Waals surface area contributed by atoms with Crippen LogP contribution in [0.25, 0.3) is 17.0 Å². The third-order valence-corrected chi connectivity index (χ3v) is 4.97. The van der Waals surface area contributed by atoms with Gasteiger partial charge in [-0.1, -0.05) is 30.3 Å². The lowest BCUT2D eigenvalue weighted by molar-refractivity contribution is -0.121. The van der Waals surface area contributed by atoms with Crippen molar-refractivity contribution < 1.29 is 14.3 Å². The Morgan fingerprint density at radius 3 is 2.59 bits per heavy atom. The summed E-state index contributed by atoms with van der Waals surface area (Å²) in [5, 5.41) is 15.7. The van der Waals surface area contributed by atoms with Crippen molar-refractivity contribution >= 4 is 11.6 Å². The summed E-state index contributed by atoms with van der Waals surface area (Å²) in [6, 6.07) is 21.2. The molecule has 2 aromatic heterocycles. The molecule has 4 aromatic rings. The van der Waals surface area contributed by atoms with Crippen LogP contribution in [0.1, 0.15) is 18.4 Å². The molecule has 0 unspecified atom stereocenters. The Balaban J connectivity index is 1.26. The number of fused-ring (bicyclic) bond motifs is 1. The summed E-state index contributed by atoms with van der Waals surface area (Å²) in [6.45, 7) is 0.736. The predicted octanol–water partition coefficient (Wildman–Crippen LogP) is 3.32. The Morgan fingerprint density at radius 1 is 1.00 bits per heavy atom. The lowest BCUT2D eigenvalue weighted by Gasteiger charge is -2.08. The van der Waals surface area contributed by atoms with Crippen LogP contribution in [0.3, 0.4) is 0 Å². The van der Waals surface area contributed by atoms with Gasteiger partial charge in [0, 0.05) is 18.1 Å². The summed E-state index contributed by atoms with van der Waals surface area (Å²) in [5.41, 5.74) is 2.73. The second kappa shape index (κ2) is 10.4. The van der Waals surface area contributed by atoms with E-state index in [4.69, 9.17) is 9.47 Å². The lowest BCUT2D eigenvalue weighted by Crippen LogP contribution is -2.28. The van der Waals surface area contributed by atoms with Gasteiger partial charge in [0.05, 0.1) is 13.7 Å². The fourth-order valence-corrected chi connectivity index (χ4v) is 3.30. The van der Waals surface area contributed by atoms with Crippen LogP contribution in [0.5, 0.6) is 11.6 Å². The molecule has 0 saturated heterocycles. The number of aryl methyl sites for hydroxylation is 1. The van der Waals surface area contributed by atoms with E-state index in [9.17, 15) is 4.79 Å². The van der Waals surface area contributed by atoms with Gasteiger partial charge in [0.15, 0.2) is 11.5 Å². The molecule has 0 aliphatic heterocycles. The molecule has 32 heavy (non-hydrogen) atoms. The molecule has 0 aliphatic carbocycles. The maximum Gasteiger partial charge on any atom is 0.231 e. The van der Waals surface area contributed by atoms with Crippen molar-refractivity contribution in [3.05, 3.63) is 72.3 Å². The fourth-order valence-electron chi connectivity index (χ4n) is 3.30. The van der Waals surface area contributed by atoms with E-state index in [2.05, 4.69) is 32.7 Å². The number of hydrogen-bond acceptors (Lipinski definition) is 6. The standard InChI is InChI=1S/C24H25N5O3/c1-31-20-12-10-19(11-13-20)24-27-26-21-14-15-23(28-29(21)24)32-17-16-25-22(30)9-5-8-18-6-3-2-4-7-18/h2-4,6-7,10-15H,5,8-9,16-17H2,1H3,(H,25,30). The number of methoxy groups -OCH3 is 1. The number of carbonyl (C=O) groups excluding carboxylic acids is 1. The number of carbonyl (C=O) groups is 1. The summed E-state index contributed by atoms with van der Waals surface area (Å²) in [6.07, 6.45) is 2.20. The van der Waals surface area contributed by atoms with E-state index in [1.165, 1.54) is 5.56 Å². The van der Waals surface area contributed by atoms with Gasteiger partial charge < -0.3 is 14.8 Å². The third-order valence-electron chi connectivity index (χ3n) is 4.97. The number of nitrogens with one attached hydrogen (secondary N) is 1. The average Bonchev–Trinajstić information content (AvgIpc) is 3.26. The molecule has 164 valence electrons. The van der Waals surface area contributed by atoms with Gasteiger partial charge in [-0.3, -0.25) is 4.79 Å². The van der Waals surface area contributed by atoms with Crippen molar-refractivity contribution in [1.29, 1.82) is 0 Å². The van der Waals surface area contributed by atoms with Crippen molar-refractivity contribution in [2.75, 3.05) is 20.3 Å². The summed E-state index contributed by atoms with van der Waals surface area (Å²) in [7, 11) is 1.62. The zero-order chi connectivity index (χ0) is 22.2. The van der Waals surface area contributed by atoms with Crippen molar-refractivity contribution in [2.45, 2.75) is 19.3 Å². The highest BCUT2D eigenvalue weighted by molar-refractivity contribution is 5.75. The van der Waals surface area contributed by atoms with Crippen molar-refractivity contribution in [1.82, 2.24) is 25.1 Å². The molecule has 0 spiro atoms. The van der Waals surface area contributed by atoms with Crippen molar-refractivity contribution in [2.24, 2.45) is 0 Å². The Hall–Kier alpha value is -3.94. The molecule has 0 bridgehead atoms. The molecule has 1 amide bonds. The van der Waals surface area contributed by atoms with Crippen molar-refractivity contribution in [3.63, 3.8) is 0 Å². The van der Waals surface area contributed by atoms with E-state index in [0.29, 0.717) is 36.9 Å². The molecule has 0 radical (unpaired) electrons. The van der Waals surface area contributed by atoms with Crippen LogP contribution in [0.15, 0.2) is 66.7 Å². The Morgan fingerprint density at radius 2 is 1.81 bits per heavy atom. The van der Waals surface area contributed by atoms with Crippen LogP contribution in [-0.4, -0.2) is 46.0 Å². The van der Waals surface area contributed by atoms with E-state index >= 15 is 0 Å².